The Morgan fingerprint density at radius 3 is 2.38 bits per heavy atom. The van der Waals surface area contributed by atoms with E-state index in [0.717, 1.165) is 16.2 Å². The molecular formula is C20H19N7O2. The van der Waals surface area contributed by atoms with Gasteiger partial charge in [0, 0.05) is 12.1 Å². The maximum atomic E-state index is 12.7. The van der Waals surface area contributed by atoms with E-state index in [4.69, 9.17) is 5.73 Å². The Hall–Kier alpha value is -4.01. The van der Waals surface area contributed by atoms with Crippen molar-refractivity contribution in [3.63, 3.8) is 0 Å². The number of nitrogens with two attached hydrogens (primary N) is 1. The third kappa shape index (κ3) is 4.29. The summed E-state index contributed by atoms with van der Waals surface area (Å²) < 4.78 is 0. The molecule has 1 saturated heterocycles. The summed E-state index contributed by atoms with van der Waals surface area (Å²) in [4.78, 5) is 38.5. The van der Waals surface area contributed by atoms with E-state index in [2.05, 4.69) is 25.6 Å². The van der Waals surface area contributed by atoms with Gasteiger partial charge in [-0.25, -0.2) is 4.79 Å². The number of hydrogen-bond donors (Lipinski definition) is 3. The van der Waals surface area contributed by atoms with E-state index in [0.29, 0.717) is 6.42 Å². The van der Waals surface area contributed by atoms with Gasteiger partial charge in [-0.15, -0.1) is 0 Å². The molecule has 3 aromatic rings. The van der Waals surface area contributed by atoms with Gasteiger partial charge in [-0.1, -0.05) is 48.5 Å². The second-order valence-electron chi connectivity index (χ2n) is 6.54. The molecule has 4 N–H and O–H groups in total. The molecule has 1 fully saturated rings. The first-order valence-electron chi connectivity index (χ1n) is 9.07. The van der Waals surface area contributed by atoms with Crippen molar-refractivity contribution in [2.75, 3.05) is 11.1 Å². The highest BCUT2D eigenvalue weighted by atomic mass is 16.2. The molecule has 0 radical (unpaired) electrons. The molecule has 9 nitrogen and oxygen atoms in total. The van der Waals surface area contributed by atoms with Gasteiger partial charge in [-0.05, 0) is 17.7 Å². The smallest absolute Gasteiger partial charge is 0.325 e. The second-order valence-corrected chi connectivity index (χ2v) is 6.54. The lowest BCUT2D eigenvalue weighted by molar-refractivity contribution is -0.127. The summed E-state index contributed by atoms with van der Waals surface area (Å²) in [6.45, 7) is -0.0911. The second kappa shape index (κ2) is 7.93. The topological polar surface area (TPSA) is 126 Å². The number of carbonyl (C=O) groups excluding carboxylic acids is 2. The summed E-state index contributed by atoms with van der Waals surface area (Å²) in [6.07, 6.45) is 0.419. The Kier molecular flexibility index (Phi) is 5.02. The lowest BCUT2D eigenvalue weighted by atomic mass is 10.1. The SMILES string of the molecule is Nc1nc(CN2C(=O)N[C@H](Cc3ccccc3)C2=O)nc(Nc2ccccc2)n1. The molecule has 0 aliphatic carbocycles. The standard InChI is InChI=1S/C20H19N7O2/c21-18-24-16(25-19(26-18)22-14-9-5-2-6-10-14)12-27-17(28)15(23-20(27)29)11-13-7-3-1-4-8-13/h1-10,15H,11-12H2,(H,23,29)(H3,21,22,24,25,26)/t15-/m1/s1. The molecule has 0 bridgehead atoms. The van der Waals surface area contributed by atoms with Gasteiger partial charge in [0.2, 0.25) is 11.9 Å². The molecule has 2 aromatic carbocycles. The van der Waals surface area contributed by atoms with Crippen molar-refractivity contribution in [1.29, 1.82) is 0 Å². The number of nitrogen functional groups attached to an aromatic ring is 1. The highest BCUT2D eigenvalue weighted by Crippen LogP contribution is 2.16. The van der Waals surface area contributed by atoms with E-state index in [9.17, 15) is 9.59 Å². The van der Waals surface area contributed by atoms with Crippen LogP contribution in [0.25, 0.3) is 0 Å². The molecule has 2 heterocycles. The highest BCUT2D eigenvalue weighted by molar-refractivity contribution is 6.04. The van der Waals surface area contributed by atoms with E-state index in [1.807, 2.05) is 60.7 Å². The van der Waals surface area contributed by atoms with Crippen LogP contribution in [0, 0.1) is 0 Å². The van der Waals surface area contributed by atoms with Crippen LogP contribution in [0.2, 0.25) is 0 Å². The molecule has 1 atom stereocenters. The molecule has 1 aliphatic heterocycles. The van der Waals surface area contributed by atoms with Crippen LogP contribution in [0.5, 0.6) is 0 Å². The number of amides is 3. The predicted octanol–water partition coefficient (Wildman–Crippen LogP) is 1.86. The zero-order valence-corrected chi connectivity index (χ0v) is 15.4. The molecule has 29 heavy (non-hydrogen) atoms. The first kappa shape index (κ1) is 18.4. The van der Waals surface area contributed by atoms with Crippen LogP contribution < -0.4 is 16.4 Å². The number of carbonyl (C=O) groups is 2. The maximum absolute atomic E-state index is 12.7. The number of rotatable bonds is 6. The number of imide groups is 1. The van der Waals surface area contributed by atoms with Gasteiger partial charge in [0.25, 0.3) is 5.91 Å². The molecule has 3 amide bonds. The van der Waals surface area contributed by atoms with Crippen molar-refractivity contribution >= 4 is 29.5 Å². The lowest BCUT2D eigenvalue weighted by Crippen LogP contribution is -2.32. The van der Waals surface area contributed by atoms with Crippen molar-refractivity contribution in [2.45, 2.75) is 19.0 Å². The third-order valence-corrected chi connectivity index (χ3v) is 4.42. The summed E-state index contributed by atoms with van der Waals surface area (Å²) in [5.74, 6) is 0.142. The third-order valence-electron chi connectivity index (χ3n) is 4.42. The largest absolute Gasteiger partial charge is 0.368 e. The summed E-state index contributed by atoms with van der Waals surface area (Å²) in [6, 6.07) is 17.7. The molecule has 4 rings (SSSR count). The van der Waals surface area contributed by atoms with Gasteiger partial charge in [0.05, 0.1) is 6.54 Å². The summed E-state index contributed by atoms with van der Waals surface area (Å²) in [5.41, 5.74) is 7.52. The fourth-order valence-electron chi connectivity index (χ4n) is 3.07. The Balaban J connectivity index is 1.48. The van der Waals surface area contributed by atoms with E-state index in [1.54, 1.807) is 0 Å². The van der Waals surface area contributed by atoms with Crippen molar-refractivity contribution in [1.82, 2.24) is 25.2 Å². The number of nitrogens with one attached hydrogen (secondary N) is 2. The average Bonchev–Trinajstić information content (AvgIpc) is 2.96. The number of aromatic nitrogens is 3. The number of hydrogen-bond acceptors (Lipinski definition) is 7. The molecule has 1 aliphatic rings. The van der Waals surface area contributed by atoms with E-state index in [-0.39, 0.29) is 30.2 Å². The van der Waals surface area contributed by atoms with Crippen LogP contribution in [-0.4, -0.2) is 37.8 Å². The van der Waals surface area contributed by atoms with Crippen LogP contribution in [0.15, 0.2) is 60.7 Å². The summed E-state index contributed by atoms with van der Waals surface area (Å²) >= 11 is 0. The Morgan fingerprint density at radius 1 is 0.966 bits per heavy atom. The van der Waals surface area contributed by atoms with Crippen molar-refractivity contribution < 1.29 is 9.59 Å². The minimum atomic E-state index is -0.619. The molecule has 0 unspecified atom stereocenters. The fraction of sp³-hybridized carbons (Fsp3) is 0.150. The van der Waals surface area contributed by atoms with Crippen LogP contribution in [0.4, 0.5) is 22.4 Å². The lowest BCUT2D eigenvalue weighted by Gasteiger charge is -2.13. The van der Waals surface area contributed by atoms with Gasteiger partial charge >= 0.3 is 6.03 Å². The molecule has 1 aromatic heterocycles. The van der Waals surface area contributed by atoms with E-state index in [1.165, 1.54) is 0 Å². The Labute approximate surface area is 167 Å². The van der Waals surface area contributed by atoms with E-state index < -0.39 is 12.1 Å². The zero-order chi connectivity index (χ0) is 20.2. The van der Waals surface area contributed by atoms with Crippen LogP contribution >= 0.6 is 0 Å². The average molecular weight is 389 g/mol. The Bertz CT molecular complexity index is 1030. The molecular weight excluding hydrogens is 370 g/mol. The number of urea groups is 1. The minimum absolute atomic E-state index is 0.00122. The van der Waals surface area contributed by atoms with Gasteiger partial charge in [0.15, 0.2) is 5.82 Å². The number of nitrogens with zero attached hydrogens (tertiary/aromatic N) is 4. The van der Waals surface area contributed by atoms with Crippen molar-refractivity contribution in [3.8, 4) is 0 Å². The molecule has 146 valence electrons. The van der Waals surface area contributed by atoms with Crippen molar-refractivity contribution in [2.24, 2.45) is 0 Å². The maximum Gasteiger partial charge on any atom is 0.325 e. The molecule has 0 spiro atoms. The van der Waals surface area contributed by atoms with Gasteiger partial charge in [0.1, 0.15) is 6.04 Å². The first-order valence-corrected chi connectivity index (χ1v) is 9.07. The van der Waals surface area contributed by atoms with Gasteiger partial charge in [-0.2, -0.15) is 15.0 Å². The quantitative estimate of drug-likeness (QED) is 0.549. The number of para-hydroxylation sites is 1. The molecule has 9 heteroatoms. The summed E-state index contributed by atoms with van der Waals surface area (Å²) in [7, 11) is 0. The van der Waals surface area contributed by atoms with Crippen LogP contribution in [0.1, 0.15) is 11.4 Å². The summed E-state index contributed by atoms with van der Waals surface area (Å²) in [5, 5.41) is 5.74. The van der Waals surface area contributed by atoms with E-state index >= 15 is 0 Å². The highest BCUT2D eigenvalue weighted by Gasteiger charge is 2.38. The number of anilines is 3. The van der Waals surface area contributed by atoms with Crippen LogP contribution in [0.3, 0.4) is 0 Å². The number of benzene rings is 2. The monoisotopic (exact) mass is 389 g/mol. The van der Waals surface area contributed by atoms with Crippen molar-refractivity contribution in [3.05, 3.63) is 72.1 Å². The van der Waals surface area contributed by atoms with Gasteiger partial charge < -0.3 is 16.4 Å². The Morgan fingerprint density at radius 2 is 1.66 bits per heavy atom. The van der Waals surface area contributed by atoms with Gasteiger partial charge in [-0.3, -0.25) is 9.69 Å². The fourth-order valence-corrected chi connectivity index (χ4v) is 3.07. The van der Waals surface area contributed by atoms with Crippen LogP contribution in [-0.2, 0) is 17.8 Å². The normalized spacial score (nSPS) is 16.0. The zero-order valence-electron chi connectivity index (χ0n) is 15.4. The minimum Gasteiger partial charge on any atom is -0.368 e. The first-order chi connectivity index (χ1) is 14.1. The predicted molar refractivity (Wildman–Crippen MR) is 107 cm³/mol. The molecule has 0 saturated carbocycles.